The predicted molar refractivity (Wildman–Crippen MR) is 58.4 cm³/mol. The Hall–Kier alpha value is 0.0700. The Morgan fingerprint density at radius 2 is 1.60 bits per heavy atom. The summed E-state index contributed by atoms with van der Waals surface area (Å²) in [4.78, 5) is 0. The van der Waals surface area contributed by atoms with E-state index in [-0.39, 0.29) is 0 Å². The van der Waals surface area contributed by atoms with Crippen LogP contribution in [0.25, 0.3) is 0 Å². The summed E-state index contributed by atoms with van der Waals surface area (Å²) in [6.07, 6.45) is 0.290. The van der Waals surface area contributed by atoms with Gasteiger partial charge in [0.1, 0.15) is 0 Å². The molecule has 5 nitrogen and oxygen atoms in total. The van der Waals surface area contributed by atoms with Gasteiger partial charge in [0, 0.05) is 7.11 Å². The molecule has 0 radical (unpaired) electrons. The molecular weight excluding hydrogens is 219 g/mol. The summed E-state index contributed by atoms with van der Waals surface area (Å²) < 4.78 is 32.1. The molecule has 0 unspecified atom stereocenters. The van der Waals surface area contributed by atoms with E-state index in [1.165, 1.54) is 0 Å². The van der Waals surface area contributed by atoms with Crippen LogP contribution in [0.5, 0.6) is 0 Å². The second-order valence-electron chi connectivity index (χ2n) is 2.78. The van der Waals surface area contributed by atoms with Gasteiger partial charge in [0.05, 0.1) is 39.2 Å². The standard InChI is InChI=1S/C9H21O5P/c1-4-13-15(10,14-5-2)9-8-12-7-6-11-3/h4-9H2,1-3H3. The first kappa shape index (κ1) is 15.1. The third-order valence-electron chi connectivity index (χ3n) is 1.59. The highest BCUT2D eigenvalue weighted by Crippen LogP contribution is 2.47. The van der Waals surface area contributed by atoms with Crippen LogP contribution in [-0.2, 0) is 23.1 Å². The molecule has 0 aromatic rings. The summed E-state index contributed by atoms with van der Waals surface area (Å²) in [6.45, 7) is 5.74. The van der Waals surface area contributed by atoms with Crippen molar-refractivity contribution < 1.29 is 23.1 Å². The van der Waals surface area contributed by atoms with Crippen LogP contribution in [-0.4, -0.2) is 46.3 Å². The molecule has 0 saturated heterocycles. The number of hydrogen-bond donors (Lipinski definition) is 0. The Balaban J connectivity index is 3.71. The molecule has 0 aromatic heterocycles. The number of ether oxygens (including phenoxy) is 2. The van der Waals surface area contributed by atoms with Gasteiger partial charge in [-0.05, 0) is 13.8 Å². The van der Waals surface area contributed by atoms with E-state index in [2.05, 4.69) is 0 Å². The summed E-state index contributed by atoms with van der Waals surface area (Å²) in [5.41, 5.74) is 0. The Morgan fingerprint density at radius 1 is 1.00 bits per heavy atom. The normalized spacial score (nSPS) is 11.9. The first-order chi connectivity index (χ1) is 7.18. The molecule has 0 aliphatic rings. The molecule has 0 heterocycles. The molecule has 0 spiro atoms. The predicted octanol–water partition coefficient (Wildman–Crippen LogP) is 1.92. The molecule has 0 atom stereocenters. The first-order valence-electron chi connectivity index (χ1n) is 5.13. The topological polar surface area (TPSA) is 54.0 Å². The van der Waals surface area contributed by atoms with Crippen molar-refractivity contribution in [3.8, 4) is 0 Å². The molecule has 0 N–H and O–H groups in total. The smallest absolute Gasteiger partial charge is 0.332 e. The van der Waals surface area contributed by atoms with Gasteiger partial charge in [-0.2, -0.15) is 0 Å². The third-order valence-corrected chi connectivity index (χ3v) is 3.63. The minimum absolute atomic E-state index is 0.290. The van der Waals surface area contributed by atoms with Crippen molar-refractivity contribution >= 4 is 7.60 Å². The maximum absolute atomic E-state index is 11.9. The molecule has 0 aliphatic carbocycles. The van der Waals surface area contributed by atoms with Crippen LogP contribution in [0, 0.1) is 0 Å². The average molecular weight is 240 g/mol. The Kier molecular flexibility index (Phi) is 9.35. The summed E-state index contributed by atoms with van der Waals surface area (Å²) in [5, 5.41) is 0. The lowest BCUT2D eigenvalue weighted by Gasteiger charge is -2.16. The van der Waals surface area contributed by atoms with Crippen molar-refractivity contribution in [1.82, 2.24) is 0 Å². The van der Waals surface area contributed by atoms with Crippen LogP contribution in [0.15, 0.2) is 0 Å². The van der Waals surface area contributed by atoms with E-state index in [9.17, 15) is 4.57 Å². The molecule has 15 heavy (non-hydrogen) atoms. The minimum Gasteiger partial charge on any atom is -0.382 e. The summed E-state index contributed by atoms with van der Waals surface area (Å²) in [6, 6.07) is 0. The van der Waals surface area contributed by atoms with E-state index >= 15 is 0 Å². The second kappa shape index (κ2) is 9.31. The van der Waals surface area contributed by atoms with Crippen molar-refractivity contribution in [3.63, 3.8) is 0 Å². The molecule has 0 amide bonds. The molecule has 92 valence electrons. The zero-order valence-corrected chi connectivity index (χ0v) is 10.6. The highest BCUT2D eigenvalue weighted by Gasteiger charge is 2.22. The fraction of sp³-hybridized carbons (Fsp3) is 1.00. The summed E-state index contributed by atoms with van der Waals surface area (Å²) >= 11 is 0. The van der Waals surface area contributed by atoms with Gasteiger partial charge in [-0.15, -0.1) is 0 Å². The first-order valence-corrected chi connectivity index (χ1v) is 6.86. The number of methoxy groups -OCH3 is 1. The summed E-state index contributed by atoms with van der Waals surface area (Å²) in [7, 11) is -1.33. The van der Waals surface area contributed by atoms with Gasteiger partial charge in [-0.3, -0.25) is 4.57 Å². The molecule has 0 saturated carbocycles. The van der Waals surface area contributed by atoms with Crippen LogP contribution in [0.4, 0.5) is 0 Å². The highest BCUT2D eigenvalue weighted by molar-refractivity contribution is 7.53. The van der Waals surface area contributed by atoms with Crippen LogP contribution in [0.3, 0.4) is 0 Å². The van der Waals surface area contributed by atoms with E-state index in [0.29, 0.717) is 39.2 Å². The Morgan fingerprint density at radius 3 is 2.07 bits per heavy atom. The van der Waals surface area contributed by atoms with E-state index in [1.54, 1.807) is 21.0 Å². The molecule has 0 bridgehead atoms. The summed E-state index contributed by atoms with van der Waals surface area (Å²) in [5.74, 6) is 0. The Bertz CT molecular complexity index is 175. The van der Waals surface area contributed by atoms with Gasteiger partial charge in [0.15, 0.2) is 0 Å². The zero-order valence-electron chi connectivity index (χ0n) is 9.73. The van der Waals surface area contributed by atoms with Crippen LogP contribution < -0.4 is 0 Å². The monoisotopic (exact) mass is 240 g/mol. The molecule has 0 fully saturated rings. The lowest BCUT2D eigenvalue weighted by atomic mass is 10.7. The van der Waals surface area contributed by atoms with Crippen LogP contribution in [0.1, 0.15) is 13.8 Å². The largest absolute Gasteiger partial charge is 0.382 e. The van der Waals surface area contributed by atoms with Crippen molar-refractivity contribution in [1.29, 1.82) is 0 Å². The van der Waals surface area contributed by atoms with Gasteiger partial charge >= 0.3 is 7.60 Å². The molecule has 0 aromatic carbocycles. The van der Waals surface area contributed by atoms with Gasteiger partial charge in [0.2, 0.25) is 0 Å². The van der Waals surface area contributed by atoms with Crippen LogP contribution >= 0.6 is 7.60 Å². The van der Waals surface area contributed by atoms with E-state index in [4.69, 9.17) is 18.5 Å². The maximum atomic E-state index is 11.9. The maximum Gasteiger partial charge on any atom is 0.332 e. The lowest BCUT2D eigenvalue weighted by molar-refractivity contribution is 0.0757. The van der Waals surface area contributed by atoms with E-state index in [1.807, 2.05) is 0 Å². The van der Waals surface area contributed by atoms with Gasteiger partial charge in [-0.1, -0.05) is 0 Å². The lowest BCUT2D eigenvalue weighted by Crippen LogP contribution is -2.09. The van der Waals surface area contributed by atoms with E-state index < -0.39 is 7.60 Å². The fourth-order valence-electron chi connectivity index (χ4n) is 0.980. The minimum atomic E-state index is -2.93. The second-order valence-corrected chi connectivity index (χ2v) is 4.96. The average Bonchev–Trinajstić information content (AvgIpc) is 2.18. The zero-order chi connectivity index (χ0) is 11.6. The molecule has 0 aliphatic heterocycles. The van der Waals surface area contributed by atoms with E-state index in [0.717, 1.165) is 0 Å². The van der Waals surface area contributed by atoms with Gasteiger partial charge in [-0.25, -0.2) is 0 Å². The van der Waals surface area contributed by atoms with Crippen molar-refractivity contribution in [2.45, 2.75) is 13.8 Å². The fourth-order valence-corrected chi connectivity index (χ4v) is 2.45. The molecule has 6 heteroatoms. The Labute approximate surface area is 91.6 Å². The highest BCUT2D eigenvalue weighted by atomic mass is 31.2. The quantitative estimate of drug-likeness (QED) is 0.431. The van der Waals surface area contributed by atoms with Crippen molar-refractivity contribution in [2.75, 3.05) is 46.3 Å². The molecule has 0 rings (SSSR count). The number of rotatable bonds is 10. The van der Waals surface area contributed by atoms with Crippen molar-refractivity contribution in [3.05, 3.63) is 0 Å². The molecular formula is C9H21O5P. The SMILES string of the molecule is CCOP(=O)(CCOCCOC)OCC. The van der Waals surface area contributed by atoms with Crippen molar-refractivity contribution in [2.24, 2.45) is 0 Å². The van der Waals surface area contributed by atoms with Crippen LogP contribution in [0.2, 0.25) is 0 Å². The third kappa shape index (κ3) is 7.94. The number of hydrogen-bond acceptors (Lipinski definition) is 5. The van der Waals surface area contributed by atoms with Gasteiger partial charge < -0.3 is 18.5 Å². The van der Waals surface area contributed by atoms with Gasteiger partial charge in [0.25, 0.3) is 0 Å².